The summed E-state index contributed by atoms with van der Waals surface area (Å²) >= 11 is 0. The minimum Gasteiger partial charge on any atom is -1.00 e. The first-order valence-corrected chi connectivity index (χ1v) is 4.47. The van der Waals surface area contributed by atoms with Crippen LogP contribution in [0, 0.1) is 0 Å². The van der Waals surface area contributed by atoms with Crippen LogP contribution in [0.15, 0.2) is 12.2 Å². The molecule has 3 heteroatoms. The number of likely N-dealkylation sites (N-methyl/N-ethyl adjacent to an activating group) is 2. The molecule has 0 N–H and O–H groups in total. The first kappa shape index (κ1) is 15.8. The summed E-state index contributed by atoms with van der Waals surface area (Å²) in [5, 5.41) is 0. The highest BCUT2D eigenvalue weighted by molar-refractivity contribution is 4.80. The molecule has 0 saturated carbocycles. The van der Waals surface area contributed by atoms with E-state index in [0.717, 1.165) is 22.1 Å². The highest BCUT2D eigenvalue weighted by atomic mass is 127. The molecule has 2 nitrogen and oxygen atoms in total. The Morgan fingerprint density at radius 1 is 0.692 bits per heavy atom. The zero-order chi connectivity index (χ0) is 9.83. The highest BCUT2D eigenvalue weighted by Crippen LogP contribution is 1.93. The van der Waals surface area contributed by atoms with Crippen molar-refractivity contribution >= 4 is 0 Å². The standard InChI is InChI=1S/C10H24N2.HI/c1-11(2,3)9-7-8-10-12(4,5)6;/h7-8H,9-10H2,1-6H3;1H/q+2;/p-1/b8-7+;. The molecule has 0 radical (unpaired) electrons. The molecule has 0 aromatic heterocycles. The lowest BCUT2D eigenvalue weighted by atomic mass is 10.4. The molecule has 0 heterocycles. The van der Waals surface area contributed by atoms with Crippen molar-refractivity contribution in [2.45, 2.75) is 0 Å². The van der Waals surface area contributed by atoms with E-state index in [9.17, 15) is 0 Å². The lowest BCUT2D eigenvalue weighted by molar-refractivity contribution is -0.866. The van der Waals surface area contributed by atoms with Gasteiger partial charge >= 0.3 is 0 Å². The topological polar surface area (TPSA) is 0 Å². The molecule has 0 aliphatic rings. The van der Waals surface area contributed by atoms with Crippen LogP contribution in [-0.4, -0.2) is 64.3 Å². The van der Waals surface area contributed by atoms with Crippen molar-refractivity contribution in [1.29, 1.82) is 0 Å². The molecule has 0 rings (SSSR count). The van der Waals surface area contributed by atoms with Crippen molar-refractivity contribution in [3.05, 3.63) is 12.2 Å². The smallest absolute Gasteiger partial charge is 0.0969 e. The van der Waals surface area contributed by atoms with Gasteiger partial charge in [0.2, 0.25) is 0 Å². The van der Waals surface area contributed by atoms with Crippen molar-refractivity contribution in [2.24, 2.45) is 0 Å². The van der Waals surface area contributed by atoms with Crippen molar-refractivity contribution in [3.8, 4) is 0 Å². The van der Waals surface area contributed by atoms with Crippen molar-refractivity contribution in [1.82, 2.24) is 0 Å². The maximum absolute atomic E-state index is 2.27. The van der Waals surface area contributed by atoms with Crippen LogP contribution in [-0.2, 0) is 0 Å². The number of nitrogens with zero attached hydrogens (tertiary/aromatic N) is 2. The van der Waals surface area contributed by atoms with Gasteiger partial charge in [0.15, 0.2) is 0 Å². The summed E-state index contributed by atoms with van der Waals surface area (Å²) in [6.07, 6.45) is 4.53. The fraction of sp³-hybridized carbons (Fsp3) is 0.800. The predicted octanol–water partition coefficient (Wildman–Crippen LogP) is -2.04. The minimum absolute atomic E-state index is 0. The highest BCUT2D eigenvalue weighted by Gasteiger charge is 2.04. The molecule has 0 spiro atoms. The zero-order valence-corrected chi connectivity index (χ0v) is 12.0. The Balaban J connectivity index is 0. The van der Waals surface area contributed by atoms with E-state index in [1.165, 1.54) is 0 Å². The first-order chi connectivity index (χ1) is 5.21. The molecule has 0 unspecified atom stereocenters. The van der Waals surface area contributed by atoms with E-state index < -0.39 is 0 Å². The Bertz CT molecular complexity index is 133. The molecule has 0 amide bonds. The van der Waals surface area contributed by atoms with Gasteiger partial charge in [0.1, 0.15) is 0 Å². The van der Waals surface area contributed by atoms with Crippen LogP contribution >= 0.6 is 0 Å². The third-order valence-corrected chi connectivity index (χ3v) is 1.47. The molecular formula is C10H24IN2+. The van der Waals surface area contributed by atoms with Crippen LogP contribution < -0.4 is 24.0 Å². The molecular weight excluding hydrogens is 275 g/mol. The van der Waals surface area contributed by atoms with Gasteiger partial charge in [-0.15, -0.1) is 0 Å². The second-order valence-electron chi connectivity index (χ2n) is 5.42. The maximum atomic E-state index is 2.27. The molecule has 0 aliphatic heterocycles. The third-order valence-electron chi connectivity index (χ3n) is 1.47. The van der Waals surface area contributed by atoms with Crippen molar-refractivity contribution in [2.75, 3.05) is 55.4 Å². The average Bonchev–Trinajstić information content (AvgIpc) is 1.76. The van der Waals surface area contributed by atoms with Crippen LogP contribution in [0.2, 0.25) is 0 Å². The monoisotopic (exact) mass is 299 g/mol. The number of hydrogen-bond donors (Lipinski definition) is 0. The number of hydrogen-bond acceptors (Lipinski definition) is 0. The van der Waals surface area contributed by atoms with Gasteiger partial charge in [-0.3, -0.25) is 0 Å². The molecule has 0 fully saturated rings. The number of quaternary nitrogens is 2. The Morgan fingerprint density at radius 3 is 1.08 bits per heavy atom. The van der Waals surface area contributed by atoms with Crippen LogP contribution in [0.3, 0.4) is 0 Å². The lowest BCUT2D eigenvalue weighted by Crippen LogP contribution is -3.00. The largest absolute Gasteiger partial charge is 1.00 e. The van der Waals surface area contributed by atoms with Gasteiger partial charge in [0.05, 0.1) is 55.4 Å². The lowest BCUT2D eigenvalue weighted by Gasteiger charge is -2.23. The van der Waals surface area contributed by atoms with Gasteiger partial charge in [-0.05, 0) is 12.2 Å². The third kappa shape index (κ3) is 15.2. The molecule has 0 saturated heterocycles. The Labute approximate surface area is 100 Å². The van der Waals surface area contributed by atoms with E-state index in [4.69, 9.17) is 0 Å². The SMILES string of the molecule is C[N+](C)(C)C/C=C/C[N+](C)(C)C.[I-]. The Hall–Kier alpha value is 0.390. The second-order valence-corrected chi connectivity index (χ2v) is 5.42. The summed E-state index contributed by atoms with van der Waals surface area (Å²) in [6.45, 7) is 2.22. The molecule has 0 aliphatic carbocycles. The van der Waals surface area contributed by atoms with E-state index >= 15 is 0 Å². The van der Waals surface area contributed by atoms with Gasteiger partial charge in [0.25, 0.3) is 0 Å². The van der Waals surface area contributed by atoms with Gasteiger partial charge in [-0.2, -0.15) is 0 Å². The minimum atomic E-state index is 0. The Kier molecular flexibility index (Phi) is 7.29. The van der Waals surface area contributed by atoms with Gasteiger partial charge in [-0.25, -0.2) is 0 Å². The van der Waals surface area contributed by atoms with Gasteiger partial charge in [0, 0.05) is 0 Å². The molecule has 0 aromatic rings. The predicted molar refractivity (Wildman–Crippen MR) is 54.9 cm³/mol. The van der Waals surface area contributed by atoms with E-state index in [-0.39, 0.29) is 24.0 Å². The fourth-order valence-corrected chi connectivity index (χ4v) is 0.782. The van der Waals surface area contributed by atoms with Gasteiger partial charge < -0.3 is 32.9 Å². The summed E-state index contributed by atoms with van der Waals surface area (Å²) < 4.78 is 2.02. The van der Waals surface area contributed by atoms with E-state index in [2.05, 4.69) is 54.4 Å². The second kappa shape index (κ2) is 5.98. The van der Waals surface area contributed by atoms with Crippen LogP contribution in [0.4, 0.5) is 0 Å². The van der Waals surface area contributed by atoms with E-state index in [1.54, 1.807) is 0 Å². The summed E-state index contributed by atoms with van der Waals surface area (Å²) in [5.74, 6) is 0. The van der Waals surface area contributed by atoms with Crippen LogP contribution in [0.5, 0.6) is 0 Å². The molecule has 0 aromatic carbocycles. The molecule has 0 bridgehead atoms. The van der Waals surface area contributed by atoms with E-state index in [1.807, 2.05) is 0 Å². The molecule has 80 valence electrons. The summed E-state index contributed by atoms with van der Waals surface area (Å²) in [7, 11) is 13.2. The zero-order valence-electron chi connectivity index (χ0n) is 9.84. The van der Waals surface area contributed by atoms with Crippen LogP contribution in [0.25, 0.3) is 0 Å². The molecule has 0 atom stereocenters. The number of halogens is 1. The summed E-state index contributed by atoms with van der Waals surface area (Å²) in [6, 6.07) is 0. The Morgan fingerprint density at radius 2 is 0.923 bits per heavy atom. The normalized spacial score (nSPS) is 13.1. The summed E-state index contributed by atoms with van der Waals surface area (Å²) in [5.41, 5.74) is 0. The van der Waals surface area contributed by atoms with E-state index in [0.29, 0.717) is 0 Å². The average molecular weight is 299 g/mol. The fourth-order valence-electron chi connectivity index (χ4n) is 0.782. The number of rotatable bonds is 4. The first-order valence-electron chi connectivity index (χ1n) is 4.47. The quantitative estimate of drug-likeness (QED) is 0.319. The summed E-state index contributed by atoms with van der Waals surface area (Å²) in [4.78, 5) is 0. The maximum Gasteiger partial charge on any atom is 0.0969 e. The van der Waals surface area contributed by atoms with Crippen molar-refractivity contribution in [3.63, 3.8) is 0 Å². The van der Waals surface area contributed by atoms with Crippen molar-refractivity contribution < 1.29 is 32.9 Å². The molecule has 13 heavy (non-hydrogen) atoms. The van der Waals surface area contributed by atoms with Crippen LogP contribution in [0.1, 0.15) is 0 Å². The van der Waals surface area contributed by atoms with Gasteiger partial charge in [-0.1, -0.05) is 0 Å².